The highest BCUT2D eigenvalue weighted by molar-refractivity contribution is 8.00. The van der Waals surface area contributed by atoms with Crippen molar-refractivity contribution in [1.29, 1.82) is 0 Å². The van der Waals surface area contributed by atoms with Gasteiger partial charge in [-0.15, -0.1) is 11.8 Å². The second kappa shape index (κ2) is 9.69. The first kappa shape index (κ1) is 21.9. The van der Waals surface area contributed by atoms with Crippen molar-refractivity contribution in [1.82, 2.24) is 10.2 Å². The predicted molar refractivity (Wildman–Crippen MR) is 109 cm³/mol. The van der Waals surface area contributed by atoms with Gasteiger partial charge < -0.3 is 16.0 Å². The second-order valence-corrected chi connectivity index (χ2v) is 7.28. The van der Waals surface area contributed by atoms with Crippen molar-refractivity contribution >= 4 is 35.2 Å². The summed E-state index contributed by atoms with van der Waals surface area (Å²) in [6.45, 7) is 0.262. The minimum atomic E-state index is -0.763. The fourth-order valence-electron chi connectivity index (χ4n) is 2.35. The van der Waals surface area contributed by atoms with Crippen LogP contribution in [0.4, 0.5) is 5.69 Å². The number of nitrogens with two attached hydrogens (primary N) is 1. The van der Waals surface area contributed by atoms with E-state index in [1.165, 1.54) is 17.0 Å². The standard InChI is InChI=1S/C19H20N4O5S/c1-22(2)19(26)13-5-3-12(4-6-13)10-21-17(24)11-29-16-8-7-14(18(20)25)9-15(16)23(27)28/h3-9H,10-11H2,1-2H3,(H2,20,25)(H,21,24). The SMILES string of the molecule is CN(C)C(=O)c1ccc(CNC(=O)CSc2ccc(C(N)=O)cc2[N+](=O)[O-])cc1. The molecule has 2 aromatic carbocycles. The van der Waals surface area contributed by atoms with Crippen LogP contribution in [0.15, 0.2) is 47.4 Å². The van der Waals surface area contributed by atoms with Crippen molar-refractivity contribution in [3.63, 3.8) is 0 Å². The first-order valence-electron chi connectivity index (χ1n) is 8.47. The average Bonchev–Trinajstić information content (AvgIpc) is 2.70. The normalized spacial score (nSPS) is 10.3. The van der Waals surface area contributed by atoms with Crippen molar-refractivity contribution in [2.24, 2.45) is 5.73 Å². The van der Waals surface area contributed by atoms with E-state index in [4.69, 9.17) is 5.73 Å². The lowest BCUT2D eigenvalue weighted by molar-refractivity contribution is -0.387. The molecular weight excluding hydrogens is 396 g/mol. The van der Waals surface area contributed by atoms with Crippen LogP contribution in [-0.4, -0.2) is 47.4 Å². The van der Waals surface area contributed by atoms with E-state index in [0.717, 1.165) is 23.4 Å². The van der Waals surface area contributed by atoms with Gasteiger partial charge in [-0.3, -0.25) is 24.5 Å². The van der Waals surface area contributed by atoms with E-state index >= 15 is 0 Å². The molecule has 2 aromatic rings. The number of primary amides is 1. The lowest BCUT2D eigenvalue weighted by Gasteiger charge is -2.11. The maximum absolute atomic E-state index is 12.1. The van der Waals surface area contributed by atoms with Crippen LogP contribution in [-0.2, 0) is 11.3 Å². The van der Waals surface area contributed by atoms with Crippen LogP contribution in [0.25, 0.3) is 0 Å². The van der Waals surface area contributed by atoms with Crippen LogP contribution in [0.3, 0.4) is 0 Å². The van der Waals surface area contributed by atoms with E-state index in [0.29, 0.717) is 5.56 Å². The maximum Gasteiger partial charge on any atom is 0.283 e. The van der Waals surface area contributed by atoms with Crippen molar-refractivity contribution < 1.29 is 19.3 Å². The first-order chi connectivity index (χ1) is 13.7. The quantitative estimate of drug-likeness (QED) is 0.383. The molecule has 0 heterocycles. The van der Waals surface area contributed by atoms with Crippen LogP contribution in [0.5, 0.6) is 0 Å². The van der Waals surface area contributed by atoms with Crippen LogP contribution < -0.4 is 11.1 Å². The van der Waals surface area contributed by atoms with E-state index in [1.54, 1.807) is 38.4 Å². The molecule has 0 saturated carbocycles. The molecule has 0 aliphatic carbocycles. The molecule has 3 amide bonds. The molecule has 10 heteroatoms. The summed E-state index contributed by atoms with van der Waals surface area (Å²) < 4.78 is 0. The first-order valence-corrected chi connectivity index (χ1v) is 9.46. The third-order valence-corrected chi connectivity index (χ3v) is 4.96. The number of nitro benzene ring substituents is 1. The number of nitrogens with zero attached hydrogens (tertiary/aromatic N) is 2. The monoisotopic (exact) mass is 416 g/mol. The Balaban J connectivity index is 1.93. The van der Waals surface area contributed by atoms with Gasteiger partial charge in [0.2, 0.25) is 11.8 Å². The van der Waals surface area contributed by atoms with Gasteiger partial charge in [0, 0.05) is 37.8 Å². The van der Waals surface area contributed by atoms with Gasteiger partial charge in [0.15, 0.2) is 0 Å². The molecule has 0 spiro atoms. The second-order valence-electron chi connectivity index (χ2n) is 6.27. The smallest absolute Gasteiger partial charge is 0.283 e. The molecule has 0 aliphatic heterocycles. The summed E-state index contributed by atoms with van der Waals surface area (Å²) in [5.74, 6) is -1.22. The van der Waals surface area contributed by atoms with E-state index in [-0.39, 0.29) is 40.3 Å². The number of carbonyl (C=O) groups excluding carboxylic acids is 3. The highest BCUT2D eigenvalue weighted by Gasteiger charge is 2.18. The summed E-state index contributed by atoms with van der Waals surface area (Å²) in [7, 11) is 3.33. The average molecular weight is 416 g/mol. The Bertz CT molecular complexity index is 944. The number of thioether (sulfide) groups is 1. The lowest BCUT2D eigenvalue weighted by Crippen LogP contribution is -2.25. The van der Waals surface area contributed by atoms with Crippen molar-refractivity contribution in [3.05, 3.63) is 69.3 Å². The number of carbonyl (C=O) groups is 3. The van der Waals surface area contributed by atoms with E-state index in [1.807, 2.05) is 0 Å². The third kappa shape index (κ3) is 6.04. The molecule has 0 aromatic heterocycles. The van der Waals surface area contributed by atoms with Crippen LogP contribution in [0, 0.1) is 10.1 Å². The summed E-state index contributed by atoms with van der Waals surface area (Å²) in [6, 6.07) is 10.7. The molecule has 152 valence electrons. The Morgan fingerprint density at radius 2 is 1.72 bits per heavy atom. The van der Waals surface area contributed by atoms with Crippen molar-refractivity contribution in [3.8, 4) is 0 Å². The Kier molecular flexibility index (Phi) is 7.32. The number of nitro groups is 1. The predicted octanol–water partition coefficient (Wildman–Crippen LogP) is 1.80. The Morgan fingerprint density at radius 3 is 2.28 bits per heavy atom. The molecule has 0 saturated heterocycles. The zero-order valence-electron chi connectivity index (χ0n) is 15.9. The Hall–Kier alpha value is -3.40. The fraction of sp³-hybridized carbons (Fsp3) is 0.211. The van der Waals surface area contributed by atoms with Gasteiger partial charge in [-0.1, -0.05) is 12.1 Å². The fourth-order valence-corrected chi connectivity index (χ4v) is 3.19. The van der Waals surface area contributed by atoms with Crippen molar-refractivity contribution in [2.75, 3.05) is 19.8 Å². The van der Waals surface area contributed by atoms with Crippen LogP contribution >= 0.6 is 11.8 Å². The molecule has 0 unspecified atom stereocenters. The van der Waals surface area contributed by atoms with Gasteiger partial charge in [0.05, 0.1) is 15.6 Å². The highest BCUT2D eigenvalue weighted by atomic mass is 32.2. The minimum Gasteiger partial charge on any atom is -0.366 e. The third-order valence-electron chi connectivity index (χ3n) is 3.90. The Labute approximate surface area is 171 Å². The van der Waals surface area contributed by atoms with E-state index < -0.39 is 10.8 Å². The summed E-state index contributed by atoms with van der Waals surface area (Å²) in [4.78, 5) is 47.4. The number of benzene rings is 2. The van der Waals surface area contributed by atoms with Gasteiger partial charge in [0.1, 0.15) is 0 Å². The van der Waals surface area contributed by atoms with Gasteiger partial charge >= 0.3 is 0 Å². The molecule has 2 rings (SSSR count). The van der Waals surface area contributed by atoms with Crippen LogP contribution in [0.2, 0.25) is 0 Å². The highest BCUT2D eigenvalue weighted by Crippen LogP contribution is 2.29. The molecule has 0 aliphatic rings. The summed E-state index contributed by atoms with van der Waals surface area (Å²) in [6.07, 6.45) is 0. The zero-order chi connectivity index (χ0) is 21.6. The van der Waals surface area contributed by atoms with Gasteiger partial charge in [-0.2, -0.15) is 0 Å². The summed E-state index contributed by atoms with van der Waals surface area (Å²) >= 11 is 0.993. The largest absolute Gasteiger partial charge is 0.366 e. The lowest BCUT2D eigenvalue weighted by atomic mass is 10.1. The topological polar surface area (TPSA) is 136 Å². The molecule has 0 fully saturated rings. The molecular formula is C19H20N4O5S. The number of rotatable bonds is 8. The molecule has 0 radical (unpaired) electrons. The van der Waals surface area contributed by atoms with Crippen molar-refractivity contribution in [2.45, 2.75) is 11.4 Å². The summed E-state index contributed by atoms with van der Waals surface area (Å²) in [5.41, 5.74) is 6.25. The Morgan fingerprint density at radius 1 is 1.10 bits per heavy atom. The molecule has 0 atom stereocenters. The number of amides is 3. The molecule has 9 nitrogen and oxygen atoms in total. The maximum atomic E-state index is 12.1. The molecule has 0 bridgehead atoms. The molecule has 3 N–H and O–H groups in total. The summed E-state index contributed by atoms with van der Waals surface area (Å²) in [5, 5.41) is 13.9. The van der Waals surface area contributed by atoms with E-state index in [2.05, 4.69) is 5.32 Å². The van der Waals surface area contributed by atoms with Gasteiger partial charge in [0.25, 0.3) is 11.6 Å². The van der Waals surface area contributed by atoms with Gasteiger partial charge in [-0.25, -0.2) is 0 Å². The van der Waals surface area contributed by atoms with Gasteiger partial charge in [-0.05, 0) is 29.8 Å². The number of hydrogen-bond donors (Lipinski definition) is 2. The molecule has 29 heavy (non-hydrogen) atoms. The number of hydrogen-bond acceptors (Lipinski definition) is 6. The van der Waals surface area contributed by atoms with E-state index in [9.17, 15) is 24.5 Å². The van der Waals surface area contributed by atoms with Crippen LogP contribution in [0.1, 0.15) is 26.3 Å². The zero-order valence-corrected chi connectivity index (χ0v) is 16.7. The number of nitrogens with one attached hydrogen (secondary N) is 1. The minimum absolute atomic E-state index is 0.0293.